The number of hydrogen-bond donors (Lipinski definition) is 1. The zero-order valence-corrected chi connectivity index (χ0v) is 16.0. The van der Waals surface area contributed by atoms with E-state index in [0.29, 0.717) is 5.75 Å². The maximum atomic E-state index is 13.1. The number of ether oxygens (including phenoxy) is 1. The molecule has 1 aromatic carbocycles. The SMILES string of the molecule is CC(O)C(N=[N+]=[N-])C(Oc1ccc(F)cc1)O[Si](C)(C)C(C)(C)C. The minimum Gasteiger partial charge on any atom is -0.465 e. The van der Waals surface area contributed by atoms with E-state index in [1.54, 1.807) is 0 Å². The van der Waals surface area contributed by atoms with Crippen molar-refractivity contribution in [2.75, 3.05) is 0 Å². The van der Waals surface area contributed by atoms with Crippen LogP contribution in [0.15, 0.2) is 29.4 Å². The highest BCUT2D eigenvalue weighted by Crippen LogP contribution is 2.38. The van der Waals surface area contributed by atoms with Gasteiger partial charge in [0.05, 0.1) is 6.10 Å². The van der Waals surface area contributed by atoms with Crippen LogP contribution in [0.1, 0.15) is 27.7 Å². The Morgan fingerprint density at radius 3 is 2.21 bits per heavy atom. The lowest BCUT2D eigenvalue weighted by Gasteiger charge is -2.40. The first kappa shape index (κ1) is 20.4. The summed E-state index contributed by atoms with van der Waals surface area (Å²) < 4.78 is 25.1. The first-order chi connectivity index (χ1) is 11.0. The van der Waals surface area contributed by atoms with Crippen LogP contribution < -0.4 is 4.74 Å². The van der Waals surface area contributed by atoms with Crippen molar-refractivity contribution >= 4 is 8.32 Å². The molecule has 1 rings (SSSR count). The summed E-state index contributed by atoms with van der Waals surface area (Å²) in [7, 11) is -2.26. The largest absolute Gasteiger partial charge is 0.465 e. The molecule has 6 nitrogen and oxygen atoms in total. The summed E-state index contributed by atoms with van der Waals surface area (Å²) in [6.07, 6.45) is -1.93. The Balaban J connectivity index is 3.15. The second kappa shape index (κ2) is 7.98. The Labute approximate surface area is 143 Å². The lowest BCUT2D eigenvalue weighted by Crippen LogP contribution is -2.50. The van der Waals surface area contributed by atoms with E-state index in [-0.39, 0.29) is 10.9 Å². The van der Waals surface area contributed by atoms with Crippen molar-refractivity contribution in [2.45, 2.75) is 64.3 Å². The fourth-order valence-electron chi connectivity index (χ4n) is 1.72. The molecule has 0 fully saturated rings. The van der Waals surface area contributed by atoms with Crippen LogP contribution >= 0.6 is 0 Å². The summed E-state index contributed by atoms with van der Waals surface area (Å²) in [6.45, 7) is 11.8. The highest BCUT2D eigenvalue weighted by Gasteiger charge is 2.42. The van der Waals surface area contributed by atoms with E-state index in [2.05, 4.69) is 30.8 Å². The molecule has 1 aromatic rings. The molecule has 24 heavy (non-hydrogen) atoms. The molecular weight excluding hydrogens is 329 g/mol. The number of aliphatic hydroxyl groups is 1. The average Bonchev–Trinajstić information content (AvgIpc) is 2.44. The zero-order valence-electron chi connectivity index (χ0n) is 15.0. The average molecular weight is 355 g/mol. The third kappa shape index (κ3) is 5.49. The van der Waals surface area contributed by atoms with Crippen LogP contribution in [-0.2, 0) is 4.43 Å². The summed E-state index contributed by atoms with van der Waals surface area (Å²) in [5.74, 6) is -0.00904. The third-order valence-electron chi connectivity index (χ3n) is 4.24. The second-order valence-corrected chi connectivity index (χ2v) is 12.0. The Morgan fingerprint density at radius 2 is 1.79 bits per heavy atom. The number of azide groups is 1. The van der Waals surface area contributed by atoms with Crippen LogP contribution in [0.5, 0.6) is 5.75 Å². The first-order valence-electron chi connectivity index (χ1n) is 7.80. The highest BCUT2D eigenvalue weighted by atomic mass is 28.4. The Hall–Kier alpha value is -1.60. The van der Waals surface area contributed by atoms with E-state index < -0.39 is 26.8 Å². The number of nitrogens with zero attached hydrogens (tertiary/aromatic N) is 3. The van der Waals surface area contributed by atoms with Crippen molar-refractivity contribution in [3.05, 3.63) is 40.5 Å². The number of rotatable bonds is 7. The molecule has 0 spiro atoms. The minimum atomic E-state index is -2.26. The second-order valence-electron chi connectivity index (χ2n) is 7.25. The third-order valence-corrected chi connectivity index (χ3v) is 8.67. The molecule has 0 aliphatic carbocycles. The van der Waals surface area contributed by atoms with Gasteiger partial charge in [0.2, 0.25) is 6.29 Å². The Morgan fingerprint density at radius 1 is 1.25 bits per heavy atom. The van der Waals surface area contributed by atoms with E-state index >= 15 is 0 Å². The molecule has 0 bridgehead atoms. The van der Waals surface area contributed by atoms with Crippen molar-refractivity contribution in [1.29, 1.82) is 0 Å². The van der Waals surface area contributed by atoms with E-state index in [9.17, 15) is 9.50 Å². The molecule has 0 aromatic heterocycles. The van der Waals surface area contributed by atoms with Gasteiger partial charge in [0, 0.05) is 4.91 Å². The lowest BCUT2D eigenvalue weighted by atomic mass is 10.2. The zero-order chi connectivity index (χ0) is 18.5. The Bertz CT molecular complexity index is 581. The molecule has 3 unspecified atom stereocenters. The molecule has 0 aliphatic heterocycles. The lowest BCUT2D eigenvalue weighted by molar-refractivity contribution is -0.0535. The standard InChI is InChI=1S/C16H26FN3O3Si/c1-11(21)14(19-20-18)15(23-24(5,6)16(2,3)4)22-13-9-7-12(17)8-10-13/h7-11,14-15,21H,1-6H3. The number of halogens is 1. The van der Waals surface area contributed by atoms with Crippen LogP contribution in [0.2, 0.25) is 18.1 Å². The number of hydrogen-bond acceptors (Lipinski definition) is 4. The summed E-state index contributed by atoms with van der Waals surface area (Å²) in [4.78, 5) is 2.79. The molecule has 134 valence electrons. The summed E-state index contributed by atoms with van der Waals surface area (Å²) in [5.41, 5.74) is 8.79. The topological polar surface area (TPSA) is 87.5 Å². The van der Waals surface area contributed by atoms with Crippen molar-refractivity contribution in [2.24, 2.45) is 5.11 Å². The van der Waals surface area contributed by atoms with Gasteiger partial charge >= 0.3 is 0 Å². The minimum absolute atomic E-state index is 0.100. The van der Waals surface area contributed by atoms with Gasteiger partial charge in [-0.15, -0.1) is 0 Å². The van der Waals surface area contributed by atoms with Gasteiger partial charge in [-0.05, 0) is 54.9 Å². The van der Waals surface area contributed by atoms with Gasteiger partial charge in [0.1, 0.15) is 17.6 Å². The van der Waals surface area contributed by atoms with Gasteiger partial charge in [-0.25, -0.2) is 4.39 Å². The van der Waals surface area contributed by atoms with Crippen LogP contribution in [0.3, 0.4) is 0 Å². The fourth-order valence-corrected chi connectivity index (χ4v) is 2.84. The molecule has 8 heteroatoms. The fraction of sp³-hybridized carbons (Fsp3) is 0.625. The smallest absolute Gasteiger partial charge is 0.201 e. The van der Waals surface area contributed by atoms with Crippen LogP contribution in [0, 0.1) is 5.82 Å². The number of benzene rings is 1. The van der Waals surface area contributed by atoms with E-state index in [1.165, 1.54) is 31.2 Å². The molecule has 0 saturated heterocycles. The Kier molecular flexibility index (Phi) is 6.80. The summed E-state index contributed by atoms with van der Waals surface area (Å²) in [5, 5.41) is 13.5. The maximum Gasteiger partial charge on any atom is 0.201 e. The molecule has 0 aliphatic rings. The van der Waals surface area contributed by atoms with Gasteiger partial charge in [0.25, 0.3) is 0 Å². The molecule has 3 atom stereocenters. The van der Waals surface area contributed by atoms with Crippen LogP contribution in [-0.4, -0.2) is 31.9 Å². The highest BCUT2D eigenvalue weighted by molar-refractivity contribution is 6.74. The molecule has 1 N–H and O–H groups in total. The van der Waals surface area contributed by atoms with Crippen molar-refractivity contribution in [1.82, 2.24) is 0 Å². The molecule has 0 radical (unpaired) electrons. The maximum absolute atomic E-state index is 13.1. The molecular formula is C16H26FN3O3Si. The molecule has 0 heterocycles. The predicted octanol–water partition coefficient (Wildman–Crippen LogP) is 4.61. The van der Waals surface area contributed by atoms with Gasteiger partial charge in [-0.2, -0.15) is 0 Å². The first-order valence-corrected chi connectivity index (χ1v) is 10.7. The van der Waals surface area contributed by atoms with E-state index in [0.717, 1.165) is 0 Å². The quantitative estimate of drug-likeness (QED) is 0.255. The van der Waals surface area contributed by atoms with Gasteiger partial charge in [-0.3, -0.25) is 0 Å². The normalized spacial score (nSPS) is 16.0. The van der Waals surface area contributed by atoms with E-state index in [4.69, 9.17) is 14.7 Å². The van der Waals surface area contributed by atoms with Gasteiger partial charge in [0.15, 0.2) is 8.32 Å². The molecule has 0 saturated carbocycles. The van der Waals surface area contributed by atoms with Crippen LogP contribution in [0.4, 0.5) is 4.39 Å². The summed E-state index contributed by atoms with van der Waals surface area (Å²) in [6, 6.07) is 4.54. The molecule has 0 amide bonds. The number of aliphatic hydroxyl groups excluding tert-OH is 1. The van der Waals surface area contributed by atoms with Crippen LogP contribution in [0.25, 0.3) is 10.4 Å². The van der Waals surface area contributed by atoms with Crippen molar-refractivity contribution in [3.8, 4) is 5.75 Å². The van der Waals surface area contributed by atoms with E-state index in [1.807, 2.05) is 13.1 Å². The van der Waals surface area contributed by atoms with Gasteiger partial charge < -0.3 is 14.3 Å². The van der Waals surface area contributed by atoms with Gasteiger partial charge in [-0.1, -0.05) is 25.9 Å². The van der Waals surface area contributed by atoms with Crippen molar-refractivity contribution in [3.63, 3.8) is 0 Å². The predicted molar refractivity (Wildman–Crippen MR) is 93.7 cm³/mol. The summed E-state index contributed by atoms with van der Waals surface area (Å²) >= 11 is 0. The van der Waals surface area contributed by atoms with Crippen molar-refractivity contribution < 1.29 is 18.7 Å². The monoisotopic (exact) mass is 355 g/mol.